The Hall–Kier alpha value is -0.730. The SMILES string of the molecule is CC(C(N)=S)S(=O)(=O)N(C)CC(=O)NC1CC1. The Morgan fingerprint density at radius 1 is 1.59 bits per heavy atom. The van der Waals surface area contributed by atoms with Crippen LogP contribution in [0.4, 0.5) is 0 Å². The van der Waals surface area contributed by atoms with Gasteiger partial charge in [0.2, 0.25) is 15.9 Å². The number of carbonyl (C=O) groups is 1. The van der Waals surface area contributed by atoms with Gasteiger partial charge in [0.25, 0.3) is 0 Å². The molecule has 8 heteroatoms. The van der Waals surface area contributed by atoms with Crippen molar-refractivity contribution < 1.29 is 13.2 Å². The molecule has 1 fully saturated rings. The van der Waals surface area contributed by atoms with E-state index in [2.05, 4.69) is 17.5 Å². The van der Waals surface area contributed by atoms with E-state index < -0.39 is 15.3 Å². The Morgan fingerprint density at radius 3 is 2.53 bits per heavy atom. The van der Waals surface area contributed by atoms with Crippen LogP contribution in [0.3, 0.4) is 0 Å². The van der Waals surface area contributed by atoms with E-state index in [-0.39, 0.29) is 23.5 Å². The van der Waals surface area contributed by atoms with Crippen molar-refractivity contribution in [2.45, 2.75) is 31.1 Å². The summed E-state index contributed by atoms with van der Waals surface area (Å²) < 4.78 is 24.8. The van der Waals surface area contributed by atoms with E-state index in [0.717, 1.165) is 17.1 Å². The molecule has 0 spiro atoms. The van der Waals surface area contributed by atoms with Crippen LogP contribution in [0.15, 0.2) is 0 Å². The molecule has 1 unspecified atom stereocenters. The summed E-state index contributed by atoms with van der Waals surface area (Å²) in [6, 6.07) is 0.214. The summed E-state index contributed by atoms with van der Waals surface area (Å²) in [7, 11) is -2.30. The van der Waals surface area contributed by atoms with Crippen LogP contribution < -0.4 is 11.1 Å². The van der Waals surface area contributed by atoms with Crippen LogP contribution in [0.1, 0.15) is 19.8 Å². The van der Waals surface area contributed by atoms with E-state index in [0.29, 0.717) is 0 Å². The quantitative estimate of drug-likeness (QED) is 0.621. The van der Waals surface area contributed by atoms with E-state index in [1.807, 2.05) is 0 Å². The minimum absolute atomic E-state index is 0.0977. The van der Waals surface area contributed by atoms with Gasteiger partial charge in [-0.15, -0.1) is 0 Å². The maximum absolute atomic E-state index is 11.9. The molecule has 0 saturated heterocycles. The van der Waals surface area contributed by atoms with E-state index >= 15 is 0 Å². The average molecular weight is 279 g/mol. The summed E-state index contributed by atoms with van der Waals surface area (Å²) in [6.07, 6.45) is 1.93. The van der Waals surface area contributed by atoms with Gasteiger partial charge in [-0.3, -0.25) is 4.79 Å². The van der Waals surface area contributed by atoms with E-state index in [4.69, 9.17) is 5.73 Å². The van der Waals surface area contributed by atoms with Crippen LogP contribution in [-0.4, -0.2) is 48.5 Å². The zero-order valence-corrected chi connectivity index (χ0v) is 11.5. The van der Waals surface area contributed by atoms with Crippen LogP contribution in [-0.2, 0) is 14.8 Å². The lowest BCUT2D eigenvalue weighted by Crippen LogP contribution is -2.45. The Bertz CT molecular complexity index is 417. The van der Waals surface area contributed by atoms with E-state index in [1.54, 1.807) is 0 Å². The largest absolute Gasteiger partial charge is 0.392 e. The number of likely N-dealkylation sites (N-methyl/N-ethyl adjacent to an activating group) is 1. The van der Waals surface area contributed by atoms with Gasteiger partial charge in [-0.2, -0.15) is 4.31 Å². The fraction of sp³-hybridized carbons (Fsp3) is 0.778. The third-order valence-corrected chi connectivity index (χ3v) is 5.24. The Labute approximate surface area is 107 Å². The third-order valence-electron chi connectivity index (χ3n) is 2.59. The highest BCUT2D eigenvalue weighted by Crippen LogP contribution is 2.18. The Balaban J connectivity index is 2.58. The number of hydrogen-bond donors (Lipinski definition) is 2. The zero-order chi connectivity index (χ0) is 13.2. The fourth-order valence-corrected chi connectivity index (χ4v) is 2.71. The first-order chi connectivity index (χ1) is 7.75. The highest BCUT2D eigenvalue weighted by atomic mass is 32.2. The van der Waals surface area contributed by atoms with E-state index in [9.17, 15) is 13.2 Å². The lowest BCUT2D eigenvalue weighted by atomic mass is 10.5. The summed E-state index contributed by atoms with van der Waals surface area (Å²) >= 11 is 4.65. The molecular formula is C9H17N3O3S2. The number of thiocarbonyl (C=S) groups is 1. The Morgan fingerprint density at radius 2 is 2.12 bits per heavy atom. The van der Waals surface area contributed by atoms with Gasteiger partial charge >= 0.3 is 0 Å². The summed E-state index contributed by atoms with van der Waals surface area (Å²) in [5.74, 6) is -0.297. The predicted octanol–water partition coefficient (Wildman–Crippen LogP) is -0.799. The minimum atomic E-state index is -3.64. The standard InChI is InChI=1S/C9H17N3O3S2/c1-6(9(10)16)17(14,15)12(2)5-8(13)11-7-3-4-7/h6-7H,3-5H2,1-2H3,(H2,10,16)(H,11,13). The molecule has 0 heterocycles. The van der Waals surface area contributed by atoms with Crippen LogP contribution >= 0.6 is 12.2 Å². The number of nitrogens with zero attached hydrogens (tertiary/aromatic N) is 1. The summed E-state index contributed by atoms with van der Waals surface area (Å²) in [6.45, 7) is 1.21. The number of nitrogens with one attached hydrogen (secondary N) is 1. The topological polar surface area (TPSA) is 92.5 Å². The number of carbonyl (C=O) groups excluding carboxylic acids is 1. The lowest BCUT2D eigenvalue weighted by molar-refractivity contribution is -0.121. The van der Waals surface area contributed by atoms with Gasteiger partial charge < -0.3 is 11.1 Å². The first-order valence-corrected chi connectivity index (χ1v) is 7.20. The molecule has 17 heavy (non-hydrogen) atoms. The van der Waals surface area contributed by atoms with Crippen molar-refractivity contribution in [3.8, 4) is 0 Å². The van der Waals surface area contributed by atoms with Crippen molar-refractivity contribution in [2.75, 3.05) is 13.6 Å². The molecule has 0 radical (unpaired) electrons. The van der Waals surface area contributed by atoms with Crippen molar-refractivity contribution in [3.63, 3.8) is 0 Å². The second-order valence-corrected chi connectivity index (χ2v) is 7.02. The maximum atomic E-state index is 11.9. The monoisotopic (exact) mass is 279 g/mol. The van der Waals surface area contributed by atoms with Gasteiger partial charge in [0, 0.05) is 13.1 Å². The first-order valence-electron chi connectivity index (χ1n) is 5.29. The predicted molar refractivity (Wildman–Crippen MR) is 69.0 cm³/mol. The van der Waals surface area contributed by atoms with Gasteiger partial charge in [-0.25, -0.2) is 8.42 Å². The smallest absolute Gasteiger partial charge is 0.235 e. The van der Waals surface area contributed by atoms with Crippen molar-refractivity contribution in [3.05, 3.63) is 0 Å². The molecule has 0 aliphatic heterocycles. The number of rotatable bonds is 6. The number of amides is 1. The van der Waals surface area contributed by atoms with E-state index in [1.165, 1.54) is 14.0 Å². The molecule has 1 aliphatic rings. The van der Waals surface area contributed by atoms with Gasteiger partial charge in [-0.1, -0.05) is 12.2 Å². The van der Waals surface area contributed by atoms with Crippen LogP contribution in [0.5, 0.6) is 0 Å². The maximum Gasteiger partial charge on any atom is 0.235 e. The Kier molecular flexibility index (Phi) is 4.45. The summed E-state index contributed by atoms with van der Waals surface area (Å²) in [5.41, 5.74) is 5.31. The molecule has 0 aromatic carbocycles. The van der Waals surface area contributed by atoms with Crippen LogP contribution in [0.2, 0.25) is 0 Å². The first kappa shape index (κ1) is 14.3. The normalized spacial score (nSPS) is 17.8. The average Bonchev–Trinajstić information content (AvgIpc) is 2.99. The second kappa shape index (κ2) is 5.28. The van der Waals surface area contributed by atoms with Gasteiger partial charge in [0.05, 0.1) is 11.5 Å². The zero-order valence-electron chi connectivity index (χ0n) is 9.84. The van der Waals surface area contributed by atoms with Crippen molar-refractivity contribution >= 4 is 33.1 Å². The number of sulfonamides is 1. The molecule has 6 nitrogen and oxygen atoms in total. The van der Waals surface area contributed by atoms with Gasteiger partial charge in [-0.05, 0) is 19.8 Å². The molecule has 1 aliphatic carbocycles. The third kappa shape index (κ3) is 3.90. The minimum Gasteiger partial charge on any atom is -0.392 e. The molecule has 0 aromatic rings. The molecular weight excluding hydrogens is 262 g/mol. The van der Waals surface area contributed by atoms with Crippen LogP contribution in [0, 0.1) is 0 Å². The number of hydrogen-bond acceptors (Lipinski definition) is 4. The van der Waals surface area contributed by atoms with Crippen molar-refractivity contribution in [1.82, 2.24) is 9.62 Å². The van der Waals surface area contributed by atoms with Crippen molar-refractivity contribution in [2.24, 2.45) is 5.73 Å². The summed E-state index contributed by atoms with van der Waals surface area (Å²) in [5, 5.41) is 1.75. The highest BCUT2D eigenvalue weighted by molar-refractivity contribution is 7.92. The highest BCUT2D eigenvalue weighted by Gasteiger charge is 2.30. The summed E-state index contributed by atoms with van der Waals surface area (Å²) in [4.78, 5) is 11.4. The molecule has 1 amide bonds. The molecule has 3 N–H and O–H groups in total. The lowest BCUT2D eigenvalue weighted by Gasteiger charge is -2.20. The van der Waals surface area contributed by atoms with Gasteiger partial charge in [0.1, 0.15) is 5.25 Å². The molecule has 98 valence electrons. The van der Waals surface area contributed by atoms with Crippen LogP contribution in [0.25, 0.3) is 0 Å². The molecule has 1 rings (SSSR count). The second-order valence-electron chi connectivity index (χ2n) is 4.19. The van der Waals surface area contributed by atoms with Crippen molar-refractivity contribution in [1.29, 1.82) is 0 Å². The molecule has 1 saturated carbocycles. The molecule has 0 bridgehead atoms. The molecule has 0 aromatic heterocycles. The molecule has 1 atom stereocenters. The number of nitrogens with two attached hydrogens (primary N) is 1. The fourth-order valence-electron chi connectivity index (χ4n) is 1.21. The van der Waals surface area contributed by atoms with Gasteiger partial charge in [0.15, 0.2) is 0 Å².